The van der Waals surface area contributed by atoms with Gasteiger partial charge in [0.1, 0.15) is 0 Å². The number of guanidine groups is 1. The molecule has 148 valence electrons. The number of aliphatic imine (C=N–C) groups is 1. The first-order chi connectivity index (χ1) is 13.2. The second kappa shape index (κ2) is 12.1. The molecule has 27 heavy (non-hydrogen) atoms. The average molecular weight is 371 g/mol. The number of benzene rings is 1. The molecular weight excluding hydrogens is 336 g/mol. The molecule has 1 aromatic carbocycles. The van der Waals surface area contributed by atoms with Gasteiger partial charge in [-0.15, -0.1) is 0 Å². The zero-order valence-corrected chi connectivity index (χ0v) is 17.0. The highest BCUT2D eigenvalue weighted by atomic mass is 15.3. The van der Waals surface area contributed by atoms with Crippen molar-refractivity contribution in [2.24, 2.45) is 4.99 Å². The lowest BCUT2D eigenvalue weighted by Crippen LogP contribution is -2.38. The van der Waals surface area contributed by atoms with Gasteiger partial charge in [-0.3, -0.25) is 9.58 Å². The number of hydrogen-bond donors (Lipinski definition) is 2. The lowest BCUT2D eigenvalue weighted by atomic mass is 10.1. The second-order valence-corrected chi connectivity index (χ2v) is 6.53. The molecule has 0 bridgehead atoms. The monoisotopic (exact) mass is 370 g/mol. The van der Waals surface area contributed by atoms with Gasteiger partial charge in [-0.25, -0.2) is 4.99 Å². The quantitative estimate of drug-likeness (QED) is 0.363. The van der Waals surface area contributed by atoms with E-state index in [9.17, 15) is 0 Å². The summed E-state index contributed by atoms with van der Waals surface area (Å²) in [6.07, 6.45) is 4.81. The van der Waals surface area contributed by atoms with E-state index in [1.165, 1.54) is 11.1 Å². The van der Waals surface area contributed by atoms with Crippen molar-refractivity contribution < 1.29 is 0 Å². The summed E-state index contributed by atoms with van der Waals surface area (Å²) in [5, 5.41) is 11.0. The molecule has 0 aliphatic carbocycles. The number of nitrogens with one attached hydrogen (secondary N) is 2. The van der Waals surface area contributed by atoms with Gasteiger partial charge in [0.25, 0.3) is 0 Å². The molecule has 0 spiro atoms. The van der Waals surface area contributed by atoms with Crippen molar-refractivity contribution in [3.05, 3.63) is 53.9 Å². The van der Waals surface area contributed by atoms with Crippen molar-refractivity contribution in [2.45, 2.75) is 46.8 Å². The minimum Gasteiger partial charge on any atom is -0.357 e. The van der Waals surface area contributed by atoms with Crippen molar-refractivity contribution >= 4 is 5.96 Å². The van der Waals surface area contributed by atoms with E-state index >= 15 is 0 Å². The number of hydrogen-bond acceptors (Lipinski definition) is 3. The van der Waals surface area contributed by atoms with Crippen LogP contribution >= 0.6 is 0 Å². The molecule has 2 aromatic rings. The third kappa shape index (κ3) is 7.83. The summed E-state index contributed by atoms with van der Waals surface area (Å²) in [4.78, 5) is 7.16. The third-order valence-electron chi connectivity index (χ3n) is 4.47. The molecule has 0 saturated carbocycles. The van der Waals surface area contributed by atoms with Gasteiger partial charge in [0.05, 0.1) is 6.54 Å². The van der Waals surface area contributed by atoms with Gasteiger partial charge in [0.15, 0.2) is 5.96 Å². The molecule has 0 unspecified atom stereocenters. The molecule has 0 saturated heterocycles. The largest absolute Gasteiger partial charge is 0.357 e. The molecule has 0 aliphatic rings. The van der Waals surface area contributed by atoms with Crippen molar-refractivity contribution in [3.63, 3.8) is 0 Å². The highest BCUT2D eigenvalue weighted by Gasteiger charge is 2.03. The first kappa shape index (κ1) is 21.0. The Hall–Kier alpha value is -2.34. The van der Waals surface area contributed by atoms with E-state index in [2.05, 4.69) is 65.7 Å². The predicted molar refractivity (Wildman–Crippen MR) is 113 cm³/mol. The fourth-order valence-corrected chi connectivity index (χ4v) is 2.92. The van der Waals surface area contributed by atoms with Gasteiger partial charge >= 0.3 is 0 Å². The van der Waals surface area contributed by atoms with Gasteiger partial charge < -0.3 is 10.6 Å². The molecule has 2 rings (SSSR count). The van der Waals surface area contributed by atoms with Crippen LogP contribution in [-0.4, -0.2) is 46.8 Å². The fourth-order valence-electron chi connectivity index (χ4n) is 2.92. The van der Waals surface area contributed by atoms with Crippen molar-refractivity contribution in [3.8, 4) is 0 Å². The molecular formula is C21H34N6. The lowest BCUT2D eigenvalue weighted by molar-refractivity contribution is 0.296. The topological polar surface area (TPSA) is 57.5 Å². The van der Waals surface area contributed by atoms with Gasteiger partial charge in [-0.05, 0) is 43.6 Å². The maximum Gasteiger partial charge on any atom is 0.191 e. The van der Waals surface area contributed by atoms with E-state index in [4.69, 9.17) is 4.99 Å². The molecule has 6 nitrogen and oxygen atoms in total. The van der Waals surface area contributed by atoms with Crippen LogP contribution in [0.4, 0.5) is 0 Å². The Morgan fingerprint density at radius 3 is 2.63 bits per heavy atom. The highest BCUT2D eigenvalue weighted by Crippen LogP contribution is 2.09. The zero-order valence-electron chi connectivity index (χ0n) is 17.0. The normalized spacial score (nSPS) is 11.8. The number of aryl methyl sites for hydroxylation is 1. The second-order valence-electron chi connectivity index (χ2n) is 6.53. The Kier molecular flexibility index (Phi) is 9.41. The van der Waals surface area contributed by atoms with E-state index in [1.54, 1.807) is 0 Å². The van der Waals surface area contributed by atoms with Crippen LogP contribution in [0.15, 0.2) is 47.7 Å². The Labute approximate surface area is 163 Å². The van der Waals surface area contributed by atoms with Crippen LogP contribution in [0, 0.1) is 0 Å². The number of aromatic nitrogens is 2. The molecule has 0 amide bonds. The zero-order chi connectivity index (χ0) is 19.3. The maximum atomic E-state index is 4.74. The maximum absolute atomic E-state index is 4.74. The highest BCUT2D eigenvalue weighted by molar-refractivity contribution is 5.79. The molecule has 0 fully saturated rings. The Balaban J connectivity index is 1.85. The summed E-state index contributed by atoms with van der Waals surface area (Å²) in [6, 6.07) is 10.7. The van der Waals surface area contributed by atoms with Gasteiger partial charge in [0.2, 0.25) is 0 Å². The van der Waals surface area contributed by atoms with Crippen LogP contribution in [0.2, 0.25) is 0 Å². The summed E-state index contributed by atoms with van der Waals surface area (Å²) in [5.41, 5.74) is 2.59. The van der Waals surface area contributed by atoms with Gasteiger partial charge in [-0.1, -0.05) is 38.1 Å². The first-order valence-corrected chi connectivity index (χ1v) is 10.0. The Bertz CT molecular complexity index is 661. The number of nitrogens with zero attached hydrogens (tertiary/aromatic N) is 4. The summed E-state index contributed by atoms with van der Waals surface area (Å²) in [5.74, 6) is 0.868. The van der Waals surface area contributed by atoms with Crippen LogP contribution in [0.3, 0.4) is 0 Å². The van der Waals surface area contributed by atoms with E-state index in [1.807, 2.05) is 23.1 Å². The summed E-state index contributed by atoms with van der Waals surface area (Å²) in [7, 11) is 0. The van der Waals surface area contributed by atoms with Crippen LogP contribution < -0.4 is 10.6 Å². The first-order valence-electron chi connectivity index (χ1n) is 10.0. The molecule has 1 aromatic heterocycles. The van der Waals surface area contributed by atoms with E-state index in [0.29, 0.717) is 6.54 Å². The molecule has 2 N–H and O–H groups in total. The van der Waals surface area contributed by atoms with Gasteiger partial charge in [0, 0.05) is 38.6 Å². The fraction of sp³-hybridized carbons (Fsp3) is 0.524. The van der Waals surface area contributed by atoms with Crippen molar-refractivity contribution in [1.29, 1.82) is 0 Å². The molecule has 0 radical (unpaired) electrons. The van der Waals surface area contributed by atoms with E-state index in [-0.39, 0.29) is 0 Å². The summed E-state index contributed by atoms with van der Waals surface area (Å²) >= 11 is 0. The summed E-state index contributed by atoms with van der Waals surface area (Å²) < 4.78 is 1.95. The lowest BCUT2D eigenvalue weighted by Gasteiger charge is -2.18. The van der Waals surface area contributed by atoms with Crippen molar-refractivity contribution in [1.82, 2.24) is 25.3 Å². The van der Waals surface area contributed by atoms with Crippen LogP contribution in [0.5, 0.6) is 0 Å². The smallest absolute Gasteiger partial charge is 0.191 e. The third-order valence-corrected chi connectivity index (χ3v) is 4.47. The van der Waals surface area contributed by atoms with Crippen molar-refractivity contribution in [2.75, 3.05) is 26.2 Å². The minimum absolute atomic E-state index is 0.681. The Morgan fingerprint density at radius 2 is 1.93 bits per heavy atom. The van der Waals surface area contributed by atoms with Crippen LogP contribution in [-0.2, 0) is 19.6 Å². The molecule has 6 heteroatoms. The van der Waals surface area contributed by atoms with Gasteiger partial charge in [-0.2, -0.15) is 5.10 Å². The molecule has 0 atom stereocenters. The van der Waals surface area contributed by atoms with E-state index in [0.717, 1.165) is 51.6 Å². The van der Waals surface area contributed by atoms with Crippen LogP contribution in [0.1, 0.15) is 38.3 Å². The van der Waals surface area contributed by atoms with Crippen LogP contribution in [0.25, 0.3) is 0 Å². The molecule has 0 aliphatic heterocycles. The summed E-state index contributed by atoms with van der Waals surface area (Å²) in [6.45, 7) is 13.0. The minimum atomic E-state index is 0.681. The number of rotatable bonds is 11. The average Bonchev–Trinajstić information content (AvgIpc) is 3.21. The SMILES string of the molecule is CCNC(=NCc1cccc(CN(CC)CC)c1)NCCCn1cccn1. The van der Waals surface area contributed by atoms with E-state index < -0.39 is 0 Å². The molecule has 1 heterocycles. The Morgan fingerprint density at radius 1 is 1.11 bits per heavy atom. The predicted octanol–water partition coefficient (Wildman–Crippen LogP) is 2.87. The standard InChI is InChI=1S/C21H34N6/c1-4-22-21(23-12-8-14-27-15-9-13-25-27)24-17-19-10-7-11-20(16-19)18-26(5-2)6-3/h7,9-11,13,15-16H,4-6,8,12,14,17-18H2,1-3H3,(H2,22,23,24).